The van der Waals surface area contributed by atoms with E-state index in [9.17, 15) is 25.1 Å². The number of rotatable bonds is 6. The Bertz CT molecular complexity index is 2210. The van der Waals surface area contributed by atoms with Crippen LogP contribution in [0.5, 0.6) is 11.5 Å². The van der Waals surface area contributed by atoms with Crippen LogP contribution < -0.4 is 41.7 Å². The van der Waals surface area contributed by atoms with Gasteiger partial charge in [0.15, 0.2) is 0 Å². The van der Waals surface area contributed by atoms with Crippen molar-refractivity contribution in [3.63, 3.8) is 0 Å². The van der Waals surface area contributed by atoms with Crippen LogP contribution in [0.1, 0.15) is 110 Å². The fourth-order valence-electron chi connectivity index (χ4n) is 8.93. The molecule has 0 fully saturated rings. The molecule has 0 radical (unpaired) electrons. The molecule has 0 aliphatic carbocycles. The molecule has 9 nitrogen and oxygen atoms in total. The molecule has 5 aliphatic rings. The van der Waals surface area contributed by atoms with Gasteiger partial charge in [-0.05, 0) is 158 Å². The number of aryl methyl sites for hydroxylation is 5. The second-order valence-corrected chi connectivity index (χ2v) is 17.5. The van der Waals surface area contributed by atoms with Crippen molar-refractivity contribution in [1.82, 2.24) is 0 Å². The summed E-state index contributed by atoms with van der Waals surface area (Å²) in [6.07, 6.45) is 11.3. The number of anilines is 1. The summed E-state index contributed by atoms with van der Waals surface area (Å²) in [7, 11) is 5.68. The van der Waals surface area contributed by atoms with Crippen molar-refractivity contribution >= 4 is 79.3 Å². The van der Waals surface area contributed by atoms with E-state index < -0.39 is 0 Å². The van der Waals surface area contributed by atoms with Crippen LogP contribution >= 0.6 is 11.8 Å². The molecular weight excluding hydrogens is 913 g/mol. The highest BCUT2D eigenvalue weighted by Gasteiger charge is 2.28. The standard InChI is InChI=1S/C10H14BNO.C10H13BO2.2C9H11BO2.C9H11BOS.5C2H6/c1-12(2)9-4-3-8-5-6-11(13)10(8)7-9;1-2-13-9-3-4-10-8(7-9)5-6-11(10)12;1-12-8-3-2-7-4-5-10(11)9(7)6-8;11-6-8-3-1-2-7-4-5-10(12)9(7)8;1-12-8-3-2-7-4-5-10(11)9(7)6-8;5*1-2/h3-4,7,13H,5-6H2,1-2H3;3-4,7,12H,2,5-6H2,1H3;2-3,6,11H,4-5H2,1H3;1-3,11-12H,4-6H2;2-3,6,11H,4-5H2,1H3;5*1-2H3. The fraction of sp³-hybridized carbons (Fsp3) is 0.474. The van der Waals surface area contributed by atoms with Crippen LogP contribution in [-0.2, 0) is 38.7 Å². The molecule has 0 saturated heterocycles. The molecule has 10 rings (SSSR count). The van der Waals surface area contributed by atoms with Crippen molar-refractivity contribution in [3.8, 4) is 11.5 Å². The summed E-state index contributed by atoms with van der Waals surface area (Å²) < 4.78 is 10.5. The van der Waals surface area contributed by atoms with Crippen molar-refractivity contribution < 1.29 is 39.7 Å². The largest absolute Gasteiger partial charge is 0.497 e. The first kappa shape index (κ1) is 65.9. The second kappa shape index (κ2) is 36.8. The van der Waals surface area contributed by atoms with Gasteiger partial charge in [-0.2, -0.15) is 0 Å². The highest BCUT2D eigenvalue weighted by Crippen LogP contribution is 2.22. The van der Waals surface area contributed by atoms with Gasteiger partial charge >= 0.3 is 34.6 Å². The number of ether oxygens (including phenoxy) is 2. The Kier molecular flexibility index (Phi) is 33.7. The molecule has 0 saturated carbocycles. The number of benzene rings is 5. The van der Waals surface area contributed by atoms with Crippen LogP contribution in [0.25, 0.3) is 0 Å². The zero-order valence-corrected chi connectivity index (χ0v) is 47.7. The number of thioether (sulfide) groups is 1. The maximum Gasteiger partial charge on any atom is 0.324 e. The van der Waals surface area contributed by atoms with Crippen molar-refractivity contribution in [1.29, 1.82) is 0 Å². The van der Waals surface area contributed by atoms with Crippen molar-refractivity contribution in [2.24, 2.45) is 0 Å². The van der Waals surface area contributed by atoms with E-state index in [1.807, 2.05) is 145 Å². The predicted octanol–water partition coefficient (Wildman–Crippen LogP) is 7.99. The molecule has 392 valence electrons. The Labute approximate surface area is 443 Å². The van der Waals surface area contributed by atoms with E-state index in [4.69, 9.17) is 14.6 Å². The van der Waals surface area contributed by atoms with Crippen LogP contribution in [0.2, 0.25) is 31.6 Å². The van der Waals surface area contributed by atoms with E-state index in [1.165, 1.54) is 38.4 Å². The lowest BCUT2D eigenvalue weighted by molar-refractivity contribution is 0.282. The molecule has 5 aromatic carbocycles. The van der Waals surface area contributed by atoms with E-state index in [0.717, 1.165) is 108 Å². The van der Waals surface area contributed by atoms with E-state index in [0.29, 0.717) is 6.61 Å². The number of hydrogen-bond acceptors (Lipinski definition) is 10. The first-order valence-electron chi connectivity index (χ1n) is 27.0. The molecule has 0 spiro atoms. The summed E-state index contributed by atoms with van der Waals surface area (Å²) in [6, 6.07) is 30.3. The predicted molar refractivity (Wildman–Crippen MR) is 319 cm³/mol. The van der Waals surface area contributed by atoms with Gasteiger partial charge in [-0.25, -0.2) is 0 Å². The zero-order valence-electron chi connectivity index (χ0n) is 46.9. The number of nitrogens with zero attached hydrogens (tertiary/aromatic N) is 1. The van der Waals surface area contributed by atoms with Crippen molar-refractivity contribution in [3.05, 3.63) is 124 Å². The number of methoxy groups -OCH3 is 1. The lowest BCUT2D eigenvalue weighted by Crippen LogP contribution is -2.29. The molecule has 0 bridgehead atoms. The molecule has 0 aromatic heterocycles. The SMILES string of the molecule is CC.CC.CC.CC.CC.CCOc1ccc2c(c1)CCB2O.CN(C)c1ccc2c(c1)B(O)CC2.COc1ccc2c(c1)B(O)CC2.CSc1ccc2c(c1)B(O)CC2.OCc1cccc2c1B(O)CC2. The topological polar surface area (TPSA) is 143 Å². The number of fused-ring (bicyclic) bond motifs is 5. The van der Waals surface area contributed by atoms with Crippen molar-refractivity contribution in [2.75, 3.05) is 39.0 Å². The fourth-order valence-corrected chi connectivity index (χ4v) is 9.38. The molecule has 0 atom stereocenters. The average molecular weight is 1000 g/mol. The Morgan fingerprint density at radius 2 is 0.958 bits per heavy atom. The quantitative estimate of drug-likeness (QED) is 0.0733. The smallest absolute Gasteiger partial charge is 0.324 e. The Morgan fingerprint density at radius 1 is 0.500 bits per heavy atom. The molecule has 5 aromatic rings. The summed E-state index contributed by atoms with van der Waals surface area (Å²) in [6.45, 7) is 21.3. The maximum absolute atomic E-state index is 9.67. The van der Waals surface area contributed by atoms with Gasteiger partial charge in [-0.3, -0.25) is 0 Å². The third-order valence-corrected chi connectivity index (χ3v) is 13.2. The lowest BCUT2D eigenvalue weighted by Gasteiger charge is -2.14. The molecule has 72 heavy (non-hydrogen) atoms. The normalized spacial score (nSPS) is 13.1. The van der Waals surface area contributed by atoms with Gasteiger partial charge in [0.25, 0.3) is 0 Å². The van der Waals surface area contributed by atoms with Crippen LogP contribution in [-0.4, -0.2) is 98.9 Å². The zero-order chi connectivity index (χ0) is 54.3. The first-order valence-corrected chi connectivity index (χ1v) is 28.2. The molecule has 5 aliphatic heterocycles. The summed E-state index contributed by atoms with van der Waals surface area (Å²) >= 11 is 1.73. The number of hydrogen-bond donors (Lipinski definition) is 6. The third-order valence-electron chi connectivity index (χ3n) is 12.4. The van der Waals surface area contributed by atoms with Gasteiger partial charge in [-0.1, -0.05) is 140 Å². The van der Waals surface area contributed by atoms with Gasteiger partial charge in [-0.15, -0.1) is 11.8 Å². The number of aliphatic hydroxyl groups excluding tert-OH is 1. The van der Waals surface area contributed by atoms with E-state index in [1.54, 1.807) is 18.9 Å². The van der Waals surface area contributed by atoms with Crippen LogP contribution in [0.15, 0.2) is 95.9 Å². The highest BCUT2D eigenvalue weighted by atomic mass is 32.2. The number of aliphatic hydroxyl groups is 1. The first-order chi connectivity index (χ1) is 34.9. The van der Waals surface area contributed by atoms with Crippen LogP contribution in [0.4, 0.5) is 5.69 Å². The summed E-state index contributed by atoms with van der Waals surface area (Å²) in [5, 5.41) is 57.0. The summed E-state index contributed by atoms with van der Waals surface area (Å²) in [5.74, 6) is 1.74. The van der Waals surface area contributed by atoms with Gasteiger partial charge < -0.3 is 44.6 Å². The molecule has 0 unspecified atom stereocenters. The second-order valence-electron chi connectivity index (χ2n) is 16.6. The maximum atomic E-state index is 9.67. The van der Waals surface area contributed by atoms with E-state index in [2.05, 4.69) is 47.6 Å². The Balaban J connectivity index is 0.000000431. The molecule has 6 N–H and O–H groups in total. The van der Waals surface area contributed by atoms with Crippen molar-refractivity contribution in [2.45, 2.75) is 151 Å². The molecular formula is C57H90B5NO8S. The van der Waals surface area contributed by atoms with Gasteiger partial charge in [0, 0.05) is 24.7 Å². The van der Waals surface area contributed by atoms with Crippen LogP contribution in [0.3, 0.4) is 0 Å². The monoisotopic (exact) mass is 1000 g/mol. The van der Waals surface area contributed by atoms with Gasteiger partial charge in [0.05, 0.1) is 20.3 Å². The van der Waals surface area contributed by atoms with Gasteiger partial charge in [0.1, 0.15) is 11.5 Å². The minimum Gasteiger partial charge on any atom is -0.497 e. The highest BCUT2D eigenvalue weighted by molar-refractivity contribution is 7.98. The Hall–Kier alpha value is -4.07. The van der Waals surface area contributed by atoms with Gasteiger partial charge in [0.2, 0.25) is 0 Å². The Morgan fingerprint density at radius 3 is 1.47 bits per heavy atom. The van der Waals surface area contributed by atoms with Crippen LogP contribution in [0, 0.1) is 0 Å². The minimum absolute atomic E-state index is 0.0280. The molecule has 15 heteroatoms. The third kappa shape index (κ3) is 19.3. The molecule has 0 amide bonds. The minimum atomic E-state index is -0.358. The van der Waals surface area contributed by atoms with E-state index in [-0.39, 0.29) is 41.2 Å². The average Bonchev–Trinajstić information content (AvgIpc) is 4.29. The summed E-state index contributed by atoms with van der Waals surface area (Å²) in [5.41, 5.74) is 13.7. The molecule has 5 heterocycles. The van der Waals surface area contributed by atoms with E-state index >= 15 is 0 Å². The summed E-state index contributed by atoms with van der Waals surface area (Å²) in [4.78, 5) is 3.31. The lowest BCUT2D eigenvalue weighted by atomic mass is 9.61.